The zero-order valence-electron chi connectivity index (χ0n) is 13.5. The van der Waals surface area contributed by atoms with Gasteiger partial charge in [-0.25, -0.2) is 10.3 Å². The van der Waals surface area contributed by atoms with E-state index in [9.17, 15) is 14.4 Å². The monoisotopic (exact) mass is 357 g/mol. The molecule has 1 fully saturated rings. The molecule has 0 aliphatic carbocycles. The van der Waals surface area contributed by atoms with Gasteiger partial charge in [0.25, 0.3) is 11.8 Å². The highest BCUT2D eigenvalue weighted by Crippen LogP contribution is 2.23. The molecule has 3 rings (SSSR count). The number of amides is 3. The molecule has 128 valence electrons. The van der Waals surface area contributed by atoms with E-state index < -0.39 is 17.9 Å². The zero-order valence-corrected chi connectivity index (χ0v) is 14.2. The summed E-state index contributed by atoms with van der Waals surface area (Å²) in [5.41, 5.74) is 6.90. The van der Waals surface area contributed by atoms with Gasteiger partial charge in [-0.3, -0.25) is 19.8 Å². The lowest BCUT2D eigenvalue weighted by molar-refractivity contribution is -0.121. The second-order valence-corrected chi connectivity index (χ2v) is 6.15. The number of nitrogens with one attached hydrogen (secondary N) is 2. The quantitative estimate of drug-likeness (QED) is 0.649. The molecule has 0 unspecified atom stereocenters. The van der Waals surface area contributed by atoms with E-state index in [0.29, 0.717) is 10.7 Å². The van der Waals surface area contributed by atoms with Gasteiger partial charge in [-0.1, -0.05) is 41.4 Å². The number of hydrogen-bond donors (Lipinski definition) is 2. The van der Waals surface area contributed by atoms with E-state index in [-0.39, 0.29) is 17.9 Å². The second-order valence-electron chi connectivity index (χ2n) is 5.74. The molecule has 2 N–H and O–H groups in total. The maximum absolute atomic E-state index is 12.5. The number of benzene rings is 2. The molecule has 3 amide bonds. The van der Waals surface area contributed by atoms with Crippen molar-refractivity contribution < 1.29 is 14.4 Å². The first-order valence-electron chi connectivity index (χ1n) is 7.71. The number of nitrogens with zero attached hydrogens (tertiary/aromatic N) is 1. The number of halogens is 1. The van der Waals surface area contributed by atoms with Crippen LogP contribution in [0.2, 0.25) is 5.02 Å². The van der Waals surface area contributed by atoms with E-state index in [1.165, 1.54) is 0 Å². The SMILES string of the molecule is Cc1ccc(N2C(=O)C[C@H](NNC(=O)c3ccccc3Cl)C2=O)cc1. The Hall–Kier alpha value is -2.70. The highest BCUT2D eigenvalue weighted by Gasteiger charge is 2.39. The highest BCUT2D eigenvalue weighted by atomic mass is 35.5. The van der Waals surface area contributed by atoms with Crippen LogP contribution in [0.4, 0.5) is 5.69 Å². The summed E-state index contributed by atoms with van der Waals surface area (Å²) in [7, 11) is 0. The van der Waals surface area contributed by atoms with E-state index in [4.69, 9.17) is 11.6 Å². The Morgan fingerprint density at radius 3 is 2.48 bits per heavy atom. The Morgan fingerprint density at radius 1 is 1.12 bits per heavy atom. The minimum absolute atomic E-state index is 0.0322. The molecule has 0 radical (unpaired) electrons. The standard InChI is InChI=1S/C18H16ClN3O3/c1-11-6-8-12(9-7-11)22-16(23)10-15(18(22)25)20-21-17(24)13-4-2-3-5-14(13)19/h2-9,15,20H,10H2,1H3,(H,21,24)/t15-/m0/s1. The number of aryl methyl sites for hydroxylation is 1. The van der Waals surface area contributed by atoms with Crippen molar-refractivity contribution >= 4 is 35.0 Å². The summed E-state index contributed by atoms with van der Waals surface area (Å²) in [5, 5.41) is 0.303. The number of carbonyl (C=O) groups is 3. The van der Waals surface area contributed by atoms with E-state index in [0.717, 1.165) is 10.5 Å². The lowest BCUT2D eigenvalue weighted by atomic mass is 10.2. The van der Waals surface area contributed by atoms with Crippen LogP contribution in [-0.4, -0.2) is 23.8 Å². The molecule has 1 atom stereocenters. The van der Waals surface area contributed by atoms with Gasteiger partial charge in [0.15, 0.2) is 0 Å². The van der Waals surface area contributed by atoms with Gasteiger partial charge in [-0.15, -0.1) is 0 Å². The van der Waals surface area contributed by atoms with Gasteiger partial charge >= 0.3 is 0 Å². The van der Waals surface area contributed by atoms with Gasteiger partial charge in [-0.2, -0.15) is 0 Å². The van der Waals surface area contributed by atoms with Gasteiger partial charge in [0.05, 0.1) is 22.7 Å². The normalized spacial score (nSPS) is 17.0. The largest absolute Gasteiger partial charge is 0.287 e. The van der Waals surface area contributed by atoms with Gasteiger partial charge in [0, 0.05) is 0 Å². The third kappa shape index (κ3) is 3.55. The fourth-order valence-corrected chi connectivity index (χ4v) is 2.80. The van der Waals surface area contributed by atoms with Crippen molar-refractivity contribution in [3.8, 4) is 0 Å². The number of hydrazine groups is 1. The van der Waals surface area contributed by atoms with Crippen LogP contribution in [0.5, 0.6) is 0 Å². The number of carbonyl (C=O) groups excluding carboxylic acids is 3. The summed E-state index contributed by atoms with van der Waals surface area (Å²) in [6.45, 7) is 1.92. The van der Waals surface area contributed by atoms with Crippen molar-refractivity contribution in [2.45, 2.75) is 19.4 Å². The molecule has 1 aliphatic rings. The molecule has 2 aromatic carbocycles. The zero-order chi connectivity index (χ0) is 18.0. The highest BCUT2D eigenvalue weighted by molar-refractivity contribution is 6.33. The number of hydrogen-bond acceptors (Lipinski definition) is 4. The van der Waals surface area contributed by atoms with E-state index in [1.807, 2.05) is 19.1 Å². The molecule has 6 nitrogen and oxygen atoms in total. The van der Waals surface area contributed by atoms with Crippen molar-refractivity contribution in [1.82, 2.24) is 10.9 Å². The van der Waals surface area contributed by atoms with Gasteiger partial charge in [0.1, 0.15) is 6.04 Å². The third-order valence-corrected chi connectivity index (χ3v) is 4.25. The molecular formula is C18H16ClN3O3. The van der Waals surface area contributed by atoms with E-state index in [1.54, 1.807) is 36.4 Å². The lowest BCUT2D eigenvalue weighted by Crippen LogP contribution is -2.48. The molecule has 7 heteroatoms. The first-order chi connectivity index (χ1) is 12.0. The topological polar surface area (TPSA) is 78.5 Å². The van der Waals surface area contributed by atoms with Crippen molar-refractivity contribution in [3.63, 3.8) is 0 Å². The van der Waals surface area contributed by atoms with Crippen LogP contribution >= 0.6 is 11.6 Å². The Labute approximate surface area is 149 Å². The van der Waals surface area contributed by atoms with Crippen molar-refractivity contribution in [2.24, 2.45) is 0 Å². The van der Waals surface area contributed by atoms with E-state index in [2.05, 4.69) is 10.9 Å². The van der Waals surface area contributed by atoms with Gasteiger partial charge < -0.3 is 0 Å². The Bertz CT molecular complexity index is 836. The van der Waals surface area contributed by atoms with E-state index >= 15 is 0 Å². The van der Waals surface area contributed by atoms with Crippen LogP contribution in [0.25, 0.3) is 0 Å². The average Bonchev–Trinajstić information content (AvgIpc) is 2.88. The molecule has 2 aromatic rings. The van der Waals surface area contributed by atoms with Gasteiger partial charge in [0.2, 0.25) is 5.91 Å². The number of anilines is 1. The van der Waals surface area contributed by atoms with Crippen LogP contribution in [-0.2, 0) is 9.59 Å². The average molecular weight is 358 g/mol. The molecule has 1 aliphatic heterocycles. The van der Waals surface area contributed by atoms with Crippen molar-refractivity contribution in [2.75, 3.05) is 4.90 Å². The molecule has 0 spiro atoms. The molecule has 1 heterocycles. The smallest absolute Gasteiger partial charge is 0.266 e. The van der Waals surface area contributed by atoms with Crippen LogP contribution < -0.4 is 15.8 Å². The minimum Gasteiger partial charge on any atom is -0.287 e. The number of rotatable bonds is 4. The molecule has 0 bridgehead atoms. The summed E-state index contributed by atoms with van der Waals surface area (Å²) in [6.07, 6.45) is -0.0322. The predicted molar refractivity (Wildman–Crippen MR) is 94.1 cm³/mol. The molecular weight excluding hydrogens is 342 g/mol. The van der Waals surface area contributed by atoms with Crippen LogP contribution in [0.15, 0.2) is 48.5 Å². The predicted octanol–water partition coefficient (Wildman–Crippen LogP) is 2.21. The second kappa shape index (κ2) is 7.04. The summed E-state index contributed by atoms with van der Waals surface area (Å²) < 4.78 is 0. The summed E-state index contributed by atoms with van der Waals surface area (Å²) in [5.74, 6) is -1.20. The maximum atomic E-state index is 12.5. The lowest BCUT2D eigenvalue weighted by Gasteiger charge is -2.16. The van der Waals surface area contributed by atoms with Crippen LogP contribution in [0.3, 0.4) is 0 Å². The molecule has 0 aromatic heterocycles. The minimum atomic E-state index is -0.819. The fourth-order valence-electron chi connectivity index (χ4n) is 2.58. The molecule has 1 saturated heterocycles. The Morgan fingerprint density at radius 2 is 1.80 bits per heavy atom. The van der Waals surface area contributed by atoms with Crippen LogP contribution in [0, 0.1) is 6.92 Å². The van der Waals surface area contributed by atoms with Crippen molar-refractivity contribution in [3.05, 3.63) is 64.7 Å². The maximum Gasteiger partial charge on any atom is 0.266 e. The summed E-state index contributed by atoms with van der Waals surface area (Å²) in [4.78, 5) is 37.9. The fraction of sp³-hybridized carbons (Fsp3) is 0.167. The first-order valence-corrected chi connectivity index (χ1v) is 8.09. The summed E-state index contributed by atoms with van der Waals surface area (Å²) >= 11 is 5.96. The summed E-state index contributed by atoms with van der Waals surface area (Å²) in [6, 6.07) is 12.8. The Kier molecular flexibility index (Phi) is 4.83. The van der Waals surface area contributed by atoms with Gasteiger partial charge in [-0.05, 0) is 31.2 Å². The van der Waals surface area contributed by atoms with Crippen LogP contribution in [0.1, 0.15) is 22.3 Å². The molecule has 25 heavy (non-hydrogen) atoms. The third-order valence-electron chi connectivity index (χ3n) is 3.92. The Balaban J connectivity index is 1.67. The first kappa shape index (κ1) is 17.1. The van der Waals surface area contributed by atoms with Crippen molar-refractivity contribution in [1.29, 1.82) is 0 Å². The number of imide groups is 1. The molecule has 0 saturated carbocycles.